The Labute approximate surface area is 174 Å². The maximum absolute atomic E-state index is 11.9. The summed E-state index contributed by atoms with van der Waals surface area (Å²) >= 11 is 0. The average Bonchev–Trinajstić information content (AvgIpc) is 3.14. The highest BCUT2D eigenvalue weighted by atomic mass is 16.1. The Hall–Kier alpha value is -4.00. The number of nitrogens with zero attached hydrogens (tertiary/aromatic N) is 4. The number of allylic oxidation sites excluding steroid dienone is 1. The van der Waals surface area contributed by atoms with Gasteiger partial charge in [-0.2, -0.15) is 0 Å². The van der Waals surface area contributed by atoms with E-state index in [1.165, 1.54) is 12.4 Å². The zero-order chi connectivity index (χ0) is 21.7. The first-order valence-corrected chi connectivity index (χ1v) is 9.53. The van der Waals surface area contributed by atoms with Gasteiger partial charge in [0.2, 0.25) is 5.91 Å². The van der Waals surface area contributed by atoms with Crippen LogP contribution in [0.3, 0.4) is 0 Å². The molecule has 5 rings (SSSR count). The third-order valence-electron chi connectivity index (χ3n) is 5.30. The van der Waals surface area contributed by atoms with Crippen molar-refractivity contribution in [1.82, 2.24) is 24.8 Å². The van der Waals surface area contributed by atoms with E-state index in [9.17, 15) is 4.79 Å². The Kier molecular flexibility index (Phi) is 3.84. The number of carbonyl (C=O) groups excluding carboxylic acids is 1. The summed E-state index contributed by atoms with van der Waals surface area (Å²) in [6.45, 7) is 4.62. The number of pyridine rings is 1. The van der Waals surface area contributed by atoms with Crippen LogP contribution in [0, 0.1) is 0 Å². The number of nitrogen functional groups attached to an aromatic ring is 1. The monoisotopic (exact) mass is 397 g/mol. The number of fused-ring (bicyclic) bond motifs is 4. The molecule has 7 heteroatoms. The molecular formula is C23H20N6O. The van der Waals surface area contributed by atoms with Crippen molar-refractivity contribution in [3.05, 3.63) is 67.3 Å². The third-order valence-corrected chi connectivity index (χ3v) is 5.30. The van der Waals surface area contributed by atoms with Gasteiger partial charge in [0.05, 0.1) is 24.0 Å². The lowest BCUT2D eigenvalue weighted by atomic mass is 9.97. The van der Waals surface area contributed by atoms with Gasteiger partial charge < -0.3 is 15.6 Å². The number of hydrogen-bond donors (Lipinski definition) is 2. The lowest BCUT2D eigenvalue weighted by molar-refractivity contribution is -0.116. The van der Waals surface area contributed by atoms with Crippen LogP contribution in [0.1, 0.15) is 14.0 Å². The third kappa shape index (κ3) is 2.75. The molecule has 0 saturated heterocycles. The van der Waals surface area contributed by atoms with E-state index in [1.807, 2.05) is 43.5 Å². The summed E-state index contributed by atoms with van der Waals surface area (Å²) in [6, 6.07) is 9.41. The van der Waals surface area contributed by atoms with Gasteiger partial charge in [-0.3, -0.25) is 9.78 Å². The largest absolute Gasteiger partial charge is 0.383 e. The number of nitrogens with two attached hydrogens (primary N) is 1. The molecule has 0 aliphatic carbocycles. The number of anilines is 1. The Morgan fingerprint density at radius 2 is 2.20 bits per heavy atom. The molecule has 1 unspecified atom stereocenters. The van der Waals surface area contributed by atoms with Crippen molar-refractivity contribution < 1.29 is 6.17 Å². The SMILES string of the molecule is [2H]C1[C@@H](NC(=O)C=C)C=C(C)c2c(-c3cnc4ccccc4c3)c3c(N)ncnc3n21. The van der Waals surface area contributed by atoms with E-state index >= 15 is 0 Å². The highest BCUT2D eigenvalue weighted by Crippen LogP contribution is 2.41. The second kappa shape index (κ2) is 6.81. The summed E-state index contributed by atoms with van der Waals surface area (Å²) in [7, 11) is 0. The first-order valence-electron chi connectivity index (χ1n) is 10.1. The van der Waals surface area contributed by atoms with Gasteiger partial charge in [-0.15, -0.1) is 0 Å². The van der Waals surface area contributed by atoms with Gasteiger partial charge in [-0.25, -0.2) is 9.97 Å². The van der Waals surface area contributed by atoms with E-state index in [-0.39, 0.29) is 5.91 Å². The lowest BCUT2D eigenvalue weighted by Gasteiger charge is -2.24. The first kappa shape index (κ1) is 16.9. The van der Waals surface area contributed by atoms with E-state index in [0.29, 0.717) is 16.9 Å². The molecule has 0 radical (unpaired) electrons. The maximum atomic E-state index is 11.9. The van der Waals surface area contributed by atoms with Gasteiger partial charge >= 0.3 is 0 Å². The van der Waals surface area contributed by atoms with Crippen LogP contribution in [0.4, 0.5) is 5.82 Å². The second-order valence-corrected chi connectivity index (χ2v) is 7.21. The lowest BCUT2D eigenvalue weighted by Crippen LogP contribution is -2.37. The van der Waals surface area contributed by atoms with Gasteiger partial charge in [0, 0.05) is 29.2 Å². The van der Waals surface area contributed by atoms with Crippen molar-refractivity contribution in [3.8, 4) is 11.1 Å². The standard InChI is InChI=1S/C23H20N6O/c1-3-18(30)28-16-8-13(2)21-19(15-9-14-6-4-5-7-17(14)25-10-15)20-22(24)26-12-27-23(20)29(21)11-16/h3-10,12,16H,1,11H2,2H3,(H,28,30)(H2,24,26,27)/t16-/m0/s1/i11D/t11?,16-. The number of amides is 1. The van der Waals surface area contributed by atoms with Crippen molar-refractivity contribution in [2.45, 2.75) is 19.5 Å². The Bertz CT molecular complexity index is 1410. The van der Waals surface area contributed by atoms with Gasteiger partial charge in [0.1, 0.15) is 17.8 Å². The van der Waals surface area contributed by atoms with E-state index in [0.717, 1.165) is 33.3 Å². The fourth-order valence-electron chi connectivity index (χ4n) is 4.03. The van der Waals surface area contributed by atoms with Gasteiger partial charge in [-0.1, -0.05) is 30.9 Å². The van der Waals surface area contributed by atoms with Crippen LogP contribution in [-0.4, -0.2) is 31.5 Å². The van der Waals surface area contributed by atoms with E-state index in [2.05, 4.69) is 32.9 Å². The molecule has 0 bridgehead atoms. The molecule has 0 saturated carbocycles. The summed E-state index contributed by atoms with van der Waals surface area (Å²) in [5, 5.41) is 4.49. The number of hydrogen-bond acceptors (Lipinski definition) is 5. The number of benzene rings is 1. The molecule has 1 aliphatic rings. The van der Waals surface area contributed by atoms with E-state index in [1.54, 1.807) is 4.57 Å². The molecule has 1 amide bonds. The molecule has 4 aromatic rings. The topological polar surface area (TPSA) is 98.7 Å². The zero-order valence-electron chi connectivity index (χ0n) is 17.3. The van der Waals surface area contributed by atoms with Gasteiger partial charge in [0.25, 0.3) is 0 Å². The average molecular weight is 397 g/mol. The van der Waals surface area contributed by atoms with E-state index < -0.39 is 12.6 Å². The van der Waals surface area contributed by atoms with Gasteiger partial charge in [-0.05, 0) is 30.7 Å². The van der Waals surface area contributed by atoms with Crippen LogP contribution in [0.2, 0.25) is 0 Å². The molecule has 1 aliphatic heterocycles. The molecule has 0 fully saturated rings. The summed E-state index contributed by atoms with van der Waals surface area (Å²) in [5.74, 6) is 0.000963. The van der Waals surface area contributed by atoms with Crippen LogP contribution in [-0.2, 0) is 11.3 Å². The number of rotatable bonds is 3. The Morgan fingerprint density at radius 3 is 3.03 bits per heavy atom. The molecule has 30 heavy (non-hydrogen) atoms. The number of carbonyl (C=O) groups is 1. The normalized spacial score (nSPS) is 18.6. The Morgan fingerprint density at radius 1 is 1.37 bits per heavy atom. The van der Waals surface area contributed by atoms with Crippen LogP contribution in [0.25, 0.3) is 38.6 Å². The van der Waals surface area contributed by atoms with Crippen molar-refractivity contribution in [3.63, 3.8) is 0 Å². The van der Waals surface area contributed by atoms with Crippen molar-refractivity contribution >= 4 is 39.2 Å². The summed E-state index contributed by atoms with van der Waals surface area (Å²) < 4.78 is 10.7. The Balaban J connectivity index is 1.81. The summed E-state index contributed by atoms with van der Waals surface area (Å²) in [5.41, 5.74) is 11.2. The minimum Gasteiger partial charge on any atom is -0.383 e. The second-order valence-electron chi connectivity index (χ2n) is 7.21. The molecular weight excluding hydrogens is 376 g/mol. The van der Waals surface area contributed by atoms with Gasteiger partial charge in [0.15, 0.2) is 0 Å². The highest BCUT2D eigenvalue weighted by molar-refractivity contribution is 6.07. The predicted molar refractivity (Wildman–Crippen MR) is 118 cm³/mol. The highest BCUT2D eigenvalue weighted by Gasteiger charge is 2.28. The minimum absolute atomic E-state index is 0.334. The quantitative estimate of drug-likeness (QED) is 0.517. The van der Waals surface area contributed by atoms with Crippen molar-refractivity contribution in [2.24, 2.45) is 0 Å². The molecule has 148 valence electrons. The minimum atomic E-state index is -0.832. The fourth-order valence-corrected chi connectivity index (χ4v) is 4.03. The maximum Gasteiger partial charge on any atom is 0.243 e. The molecule has 1 aromatic carbocycles. The first-order chi connectivity index (χ1) is 15.0. The van der Waals surface area contributed by atoms with Crippen LogP contribution >= 0.6 is 0 Å². The fraction of sp³-hybridized carbons (Fsp3) is 0.130. The van der Waals surface area contributed by atoms with Crippen molar-refractivity contribution in [1.29, 1.82) is 0 Å². The molecule has 2 atom stereocenters. The number of nitrogens with one attached hydrogen (secondary N) is 1. The molecule has 3 aromatic heterocycles. The smallest absolute Gasteiger partial charge is 0.243 e. The van der Waals surface area contributed by atoms with Crippen molar-refractivity contribution in [2.75, 3.05) is 5.73 Å². The molecule has 7 nitrogen and oxygen atoms in total. The molecule has 0 spiro atoms. The van der Waals surface area contributed by atoms with Crippen LogP contribution in [0.15, 0.2) is 61.6 Å². The molecule has 3 N–H and O–H groups in total. The van der Waals surface area contributed by atoms with E-state index in [4.69, 9.17) is 7.10 Å². The zero-order valence-corrected chi connectivity index (χ0v) is 16.3. The predicted octanol–water partition coefficient (Wildman–Crippen LogP) is 3.32. The number of aromatic nitrogens is 4. The van der Waals surface area contributed by atoms with Crippen LogP contribution in [0.5, 0.6) is 0 Å². The summed E-state index contributed by atoms with van der Waals surface area (Å²) in [4.78, 5) is 25.2. The molecule has 4 heterocycles. The number of para-hydroxylation sites is 1. The summed E-state index contributed by atoms with van der Waals surface area (Å²) in [6.07, 6.45) is 6.29. The van der Waals surface area contributed by atoms with Crippen LogP contribution < -0.4 is 11.1 Å².